The van der Waals surface area contributed by atoms with Crippen LogP contribution in [0.5, 0.6) is 5.75 Å². The zero-order valence-corrected chi connectivity index (χ0v) is 13.1. The minimum atomic E-state index is 0.478. The first kappa shape index (κ1) is 15.3. The Kier molecular flexibility index (Phi) is 5.02. The predicted octanol–water partition coefficient (Wildman–Crippen LogP) is 6.33. The van der Waals surface area contributed by atoms with Crippen LogP contribution in [0.2, 0.25) is 5.02 Å². The Labute approximate surface area is 140 Å². The molecule has 3 rings (SSSR count). The first-order valence-electron chi connectivity index (χ1n) is 7.24. The molecule has 23 heavy (non-hydrogen) atoms. The molecule has 0 aromatic heterocycles. The minimum absolute atomic E-state index is 0.478. The van der Waals surface area contributed by atoms with Crippen molar-refractivity contribution in [3.63, 3.8) is 0 Å². The van der Waals surface area contributed by atoms with Gasteiger partial charge in [0.25, 0.3) is 0 Å². The molecule has 114 valence electrons. The van der Waals surface area contributed by atoms with Crippen molar-refractivity contribution >= 4 is 23.0 Å². The van der Waals surface area contributed by atoms with Crippen LogP contribution in [0.15, 0.2) is 89.1 Å². The number of azo groups is 1. The van der Waals surface area contributed by atoms with Crippen molar-refractivity contribution in [2.75, 3.05) is 0 Å². The summed E-state index contributed by atoms with van der Waals surface area (Å²) in [6.07, 6.45) is 0. The monoisotopic (exact) mass is 322 g/mol. The van der Waals surface area contributed by atoms with Gasteiger partial charge in [-0.2, -0.15) is 10.2 Å². The van der Waals surface area contributed by atoms with E-state index in [0.717, 1.165) is 22.7 Å². The van der Waals surface area contributed by atoms with Gasteiger partial charge in [0.1, 0.15) is 12.4 Å². The molecule has 0 saturated heterocycles. The maximum atomic E-state index is 5.95. The second-order valence-electron chi connectivity index (χ2n) is 4.95. The summed E-state index contributed by atoms with van der Waals surface area (Å²) < 4.78 is 5.73. The van der Waals surface area contributed by atoms with Gasteiger partial charge < -0.3 is 4.74 Å². The second-order valence-corrected chi connectivity index (χ2v) is 5.38. The summed E-state index contributed by atoms with van der Waals surface area (Å²) in [5.74, 6) is 0.781. The normalized spacial score (nSPS) is 10.8. The molecule has 3 nitrogen and oxygen atoms in total. The Bertz CT molecular complexity index is 786. The SMILES string of the molecule is Clc1cccc(COc2ccc(N=Nc3ccccc3)cc2)c1. The lowest BCUT2D eigenvalue weighted by atomic mass is 10.2. The summed E-state index contributed by atoms with van der Waals surface area (Å²) in [6, 6.07) is 24.8. The van der Waals surface area contributed by atoms with Crippen LogP contribution < -0.4 is 4.74 Å². The number of nitrogens with zero attached hydrogens (tertiary/aromatic N) is 2. The van der Waals surface area contributed by atoms with E-state index in [1.807, 2.05) is 78.9 Å². The molecule has 0 radical (unpaired) electrons. The number of rotatable bonds is 5. The third-order valence-electron chi connectivity index (χ3n) is 3.17. The van der Waals surface area contributed by atoms with Gasteiger partial charge in [-0.05, 0) is 54.1 Å². The number of hydrogen-bond donors (Lipinski definition) is 0. The quantitative estimate of drug-likeness (QED) is 0.505. The van der Waals surface area contributed by atoms with Crippen LogP contribution in [0.4, 0.5) is 11.4 Å². The van der Waals surface area contributed by atoms with Gasteiger partial charge in [-0.25, -0.2) is 0 Å². The molecule has 4 heteroatoms. The fraction of sp³-hybridized carbons (Fsp3) is 0.0526. The summed E-state index contributed by atoms with van der Waals surface area (Å²) in [7, 11) is 0. The zero-order chi connectivity index (χ0) is 15.9. The highest BCUT2D eigenvalue weighted by molar-refractivity contribution is 6.30. The third-order valence-corrected chi connectivity index (χ3v) is 3.40. The van der Waals surface area contributed by atoms with Crippen molar-refractivity contribution in [1.29, 1.82) is 0 Å². The average Bonchev–Trinajstić information content (AvgIpc) is 2.60. The van der Waals surface area contributed by atoms with E-state index in [1.165, 1.54) is 0 Å². The summed E-state index contributed by atoms with van der Waals surface area (Å²) in [5, 5.41) is 9.09. The van der Waals surface area contributed by atoms with Crippen LogP contribution >= 0.6 is 11.6 Å². The lowest BCUT2D eigenvalue weighted by molar-refractivity contribution is 0.306. The molecular formula is C19H15ClN2O. The highest BCUT2D eigenvalue weighted by atomic mass is 35.5. The third kappa shape index (κ3) is 4.66. The highest BCUT2D eigenvalue weighted by Gasteiger charge is 1.98. The van der Waals surface area contributed by atoms with Crippen LogP contribution in [0.1, 0.15) is 5.56 Å². The number of halogens is 1. The van der Waals surface area contributed by atoms with E-state index in [9.17, 15) is 0 Å². The summed E-state index contributed by atoms with van der Waals surface area (Å²) in [5.41, 5.74) is 2.64. The molecule has 0 N–H and O–H groups in total. The van der Waals surface area contributed by atoms with Gasteiger partial charge in [0.2, 0.25) is 0 Å². The minimum Gasteiger partial charge on any atom is -0.489 e. The fourth-order valence-electron chi connectivity index (χ4n) is 2.01. The lowest BCUT2D eigenvalue weighted by Gasteiger charge is -2.06. The Morgan fingerprint density at radius 1 is 0.739 bits per heavy atom. The Balaban J connectivity index is 1.60. The van der Waals surface area contributed by atoms with Crippen molar-refractivity contribution in [2.45, 2.75) is 6.61 Å². The maximum Gasteiger partial charge on any atom is 0.119 e. The molecule has 0 unspecified atom stereocenters. The molecule has 0 aliphatic carbocycles. The molecule has 0 aliphatic rings. The molecule has 0 atom stereocenters. The van der Waals surface area contributed by atoms with E-state index in [1.54, 1.807) is 0 Å². The highest BCUT2D eigenvalue weighted by Crippen LogP contribution is 2.22. The number of ether oxygens (including phenoxy) is 1. The smallest absolute Gasteiger partial charge is 0.119 e. The van der Waals surface area contributed by atoms with Crippen LogP contribution in [0.3, 0.4) is 0 Å². The number of hydrogen-bond acceptors (Lipinski definition) is 3. The van der Waals surface area contributed by atoms with Crippen molar-refractivity contribution in [2.24, 2.45) is 10.2 Å². The molecular weight excluding hydrogens is 308 g/mol. The van der Waals surface area contributed by atoms with Crippen molar-refractivity contribution in [3.05, 3.63) is 89.4 Å². The molecule has 0 heterocycles. The summed E-state index contributed by atoms with van der Waals surface area (Å²) >= 11 is 5.95. The summed E-state index contributed by atoms with van der Waals surface area (Å²) in [6.45, 7) is 0.478. The molecule has 0 bridgehead atoms. The molecule has 3 aromatic rings. The molecule has 3 aromatic carbocycles. The fourth-order valence-corrected chi connectivity index (χ4v) is 2.23. The predicted molar refractivity (Wildman–Crippen MR) is 92.8 cm³/mol. The van der Waals surface area contributed by atoms with E-state index < -0.39 is 0 Å². The molecule has 0 amide bonds. The molecule has 0 aliphatic heterocycles. The van der Waals surface area contributed by atoms with Crippen LogP contribution in [0.25, 0.3) is 0 Å². The van der Waals surface area contributed by atoms with Crippen LogP contribution in [0, 0.1) is 0 Å². The van der Waals surface area contributed by atoms with E-state index in [2.05, 4.69) is 10.2 Å². The number of benzene rings is 3. The van der Waals surface area contributed by atoms with Crippen molar-refractivity contribution in [1.82, 2.24) is 0 Å². The van der Waals surface area contributed by atoms with E-state index >= 15 is 0 Å². The summed E-state index contributed by atoms with van der Waals surface area (Å²) in [4.78, 5) is 0. The first-order chi connectivity index (χ1) is 11.3. The Morgan fingerprint density at radius 3 is 2.13 bits per heavy atom. The van der Waals surface area contributed by atoms with Gasteiger partial charge >= 0.3 is 0 Å². The topological polar surface area (TPSA) is 34.0 Å². The molecule has 0 saturated carbocycles. The first-order valence-corrected chi connectivity index (χ1v) is 7.61. The van der Waals surface area contributed by atoms with Gasteiger partial charge in [0.15, 0.2) is 0 Å². The van der Waals surface area contributed by atoms with Gasteiger partial charge in [-0.15, -0.1) is 0 Å². The standard InChI is InChI=1S/C19H15ClN2O/c20-16-6-4-5-15(13-16)14-23-19-11-9-18(10-12-19)22-21-17-7-2-1-3-8-17/h1-13H,14H2. The lowest BCUT2D eigenvalue weighted by Crippen LogP contribution is -1.94. The Morgan fingerprint density at radius 2 is 1.43 bits per heavy atom. The second kappa shape index (κ2) is 7.56. The van der Waals surface area contributed by atoms with E-state index in [0.29, 0.717) is 11.6 Å². The largest absolute Gasteiger partial charge is 0.489 e. The van der Waals surface area contributed by atoms with Crippen LogP contribution in [-0.2, 0) is 6.61 Å². The van der Waals surface area contributed by atoms with E-state index in [4.69, 9.17) is 16.3 Å². The van der Waals surface area contributed by atoms with E-state index in [-0.39, 0.29) is 0 Å². The van der Waals surface area contributed by atoms with Crippen LogP contribution in [-0.4, -0.2) is 0 Å². The maximum absolute atomic E-state index is 5.95. The van der Waals surface area contributed by atoms with Gasteiger partial charge in [-0.3, -0.25) is 0 Å². The molecule has 0 fully saturated rings. The van der Waals surface area contributed by atoms with Gasteiger partial charge in [0, 0.05) is 5.02 Å². The van der Waals surface area contributed by atoms with Gasteiger partial charge in [-0.1, -0.05) is 41.9 Å². The van der Waals surface area contributed by atoms with Crippen molar-refractivity contribution < 1.29 is 4.74 Å². The van der Waals surface area contributed by atoms with Gasteiger partial charge in [0.05, 0.1) is 11.4 Å². The molecule has 0 spiro atoms. The Hall–Kier alpha value is -2.65. The van der Waals surface area contributed by atoms with Crippen molar-refractivity contribution in [3.8, 4) is 5.75 Å². The zero-order valence-electron chi connectivity index (χ0n) is 12.4. The average molecular weight is 323 g/mol.